The Labute approximate surface area is 168 Å². The monoisotopic (exact) mass is 414 g/mol. The first-order valence-corrected chi connectivity index (χ1v) is 9.69. The van der Waals surface area contributed by atoms with Gasteiger partial charge in [-0.2, -0.15) is 0 Å². The summed E-state index contributed by atoms with van der Waals surface area (Å²) in [5, 5.41) is 11.4. The van der Waals surface area contributed by atoms with E-state index in [1.807, 2.05) is 85.8 Å². The number of halogens is 1. The quantitative estimate of drug-likeness (QED) is 0.368. The van der Waals surface area contributed by atoms with Gasteiger partial charge in [0.05, 0.1) is 0 Å². The van der Waals surface area contributed by atoms with Gasteiger partial charge >= 0.3 is 0 Å². The molecule has 132 valence electrons. The molecule has 0 atom stereocenters. The first-order valence-electron chi connectivity index (χ1n) is 8.89. The van der Waals surface area contributed by atoms with Gasteiger partial charge in [-0.3, -0.25) is 0 Å². The van der Waals surface area contributed by atoms with Crippen LogP contribution >= 0.6 is 15.9 Å². The van der Waals surface area contributed by atoms with E-state index < -0.39 is 0 Å². The van der Waals surface area contributed by atoms with E-state index in [0.717, 1.165) is 43.4 Å². The first kappa shape index (κ1) is 17.6. The molecule has 27 heavy (non-hydrogen) atoms. The molecule has 0 aromatic heterocycles. The van der Waals surface area contributed by atoms with Crippen molar-refractivity contribution in [1.29, 1.82) is 0 Å². The van der Waals surface area contributed by atoms with Crippen LogP contribution in [-0.4, -0.2) is 5.11 Å². The maximum atomic E-state index is 11.4. The molecule has 4 aromatic rings. The molecule has 0 saturated heterocycles. The number of rotatable bonds is 3. The van der Waals surface area contributed by atoms with Crippen LogP contribution in [0.15, 0.2) is 95.5 Å². The second-order valence-corrected chi connectivity index (χ2v) is 7.30. The van der Waals surface area contributed by atoms with Crippen LogP contribution in [0.4, 0.5) is 0 Å². The Morgan fingerprint density at radius 1 is 0.556 bits per heavy atom. The van der Waals surface area contributed by atoms with Crippen molar-refractivity contribution in [2.75, 3.05) is 0 Å². The molecule has 1 nitrogen and oxygen atoms in total. The first-order chi connectivity index (χ1) is 13.2. The van der Waals surface area contributed by atoms with Crippen LogP contribution < -0.4 is 0 Å². The summed E-state index contributed by atoms with van der Waals surface area (Å²) in [5.41, 5.74) is 6.81. The van der Waals surface area contributed by atoms with Gasteiger partial charge in [0.2, 0.25) is 0 Å². The minimum absolute atomic E-state index is 0.312. The fourth-order valence-corrected chi connectivity index (χ4v) is 4.17. The van der Waals surface area contributed by atoms with Gasteiger partial charge in [-0.05, 0) is 45.1 Å². The molecule has 0 aliphatic carbocycles. The van der Waals surface area contributed by atoms with E-state index in [9.17, 15) is 5.11 Å². The minimum Gasteiger partial charge on any atom is -0.507 e. The Morgan fingerprint density at radius 2 is 0.926 bits per heavy atom. The van der Waals surface area contributed by atoms with Crippen molar-refractivity contribution < 1.29 is 5.11 Å². The highest BCUT2D eigenvalue weighted by molar-refractivity contribution is 9.10. The fourth-order valence-electron chi connectivity index (χ4n) is 3.55. The summed E-state index contributed by atoms with van der Waals surface area (Å²) in [6.45, 7) is 2.05. The third-order valence-corrected chi connectivity index (χ3v) is 5.83. The van der Waals surface area contributed by atoms with Crippen LogP contribution in [0.5, 0.6) is 5.75 Å². The van der Waals surface area contributed by atoms with Crippen LogP contribution in [0.3, 0.4) is 0 Å². The van der Waals surface area contributed by atoms with Crippen molar-refractivity contribution in [2.24, 2.45) is 0 Å². The van der Waals surface area contributed by atoms with Crippen molar-refractivity contribution in [3.8, 4) is 39.1 Å². The molecule has 0 fully saturated rings. The zero-order valence-corrected chi connectivity index (χ0v) is 16.6. The van der Waals surface area contributed by atoms with Crippen molar-refractivity contribution >= 4 is 15.9 Å². The Kier molecular flexibility index (Phi) is 4.83. The summed E-state index contributed by atoms with van der Waals surface area (Å²) >= 11 is 3.84. The third kappa shape index (κ3) is 3.17. The van der Waals surface area contributed by atoms with E-state index in [2.05, 4.69) is 28.1 Å². The molecule has 0 aliphatic heterocycles. The zero-order valence-electron chi connectivity index (χ0n) is 15.0. The Hall–Kier alpha value is -2.84. The summed E-state index contributed by atoms with van der Waals surface area (Å²) < 4.78 is 1.00. The van der Waals surface area contributed by atoms with E-state index in [4.69, 9.17) is 0 Å². The number of phenols is 1. The smallest absolute Gasteiger partial charge is 0.132 e. The van der Waals surface area contributed by atoms with Gasteiger partial charge in [0.1, 0.15) is 5.75 Å². The molecule has 4 rings (SSSR count). The van der Waals surface area contributed by atoms with Crippen molar-refractivity contribution in [3.05, 3.63) is 101 Å². The fraction of sp³-hybridized carbons (Fsp3) is 0.0400. The van der Waals surface area contributed by atoms with Crippen LogP contribution in [0.25, 0.3) is 33.4 Å². The molecule has 0 spiro atoms. The van der Waals surface area contributed by atoms with Gasteiger partial charge in [-0.25, -0.2) is 0 Å². The van der Waals surface area contributed by atoms with Crippen LogP contribution in [0.2, 0.25) is 0 Å². The van der Waals surface area contributed by atoms with Crippen molar-refractivity contribution in [1.82, 2.24) is 0 Å². The number of hydrogen-bond acceptors (Lipinski definition) is 1. The molecule has 1 N–H and O–H groups in total. The van der Waals surface area contributed by atoms with E-state index in [0.29, 0.717) is 5.75 Å². The van der Waals surface area contributed by atoms with Crippen molar-refractivity contribution in [3.63, 3.8) is 0 Å². The van der Waals surface area contributed by atoms with Gasteiger partial charge in [-0.15, -0.1) is 0 Å². The number of hydrogen-bond donors (Lipinski definition) is 1. The van der Waals surface area contributed by atoms with Gasteiger partial charge in [0, 0.05) is 21.2 Å². The SMILES string of the molecule is Cc1c(Br)c(-c2ccccc2)c(-c2ccccc2)c(O)c1-c1ccccc1. The van der Waals surface area contributed by atoms with Crippen LogP contribution in [0.1, 0.15) is 5.56 Å². The standard InChI is InChI=1S/C25H19BrO/c1-17-21(18-11-5-2-6-12-18)25(27)23(20-15-9-4-10-16-20)22(24(17)26)19-13-7-3-8-14-19/h2-16,27H,1H3. The van der Waals surface area contributed by atoms with Gasteiger partial charge in [0.25, 0.3) is 0 Å². The lowest BCUT2D eigenvalue weighted by Gasteiger charge is -2.21. The highest BCUT2D eigenvalue weighted by Crippen LogP contribution is 2.50. The van der Waals surface area contributed by atoms with Crippen LogP contribution in [-0.2, 0) is 0 Å². The lowest BCUT2D eigenvalue weighted by Crippen LogP contribution is -1.95. The molecule has 0 heterocycles. The highest BCUT2D eigenvalue weighted by atomic mass is 79.9. The average molecular weight is 415 g/mol. The number of aromatic hydroxyl groups is 1. The molecule has 0 aliphatic rings. The van der Waals surface area contributed by atoms with Crippen LogP contribution in [0, 0.1) is 6.92 Å². The highest BCUT2D eigenvalue weighted by Gasteiger charge is 2.23. The van der Waals surface area contributed by atoms with E-state index >= 15 is 0 Å². The third-order valence-electron chi connectivity index (χ3n) is 4.83. The molecule has 0 radical (unpaired) electrons. The summed E-state index contributed by atoms with van der Waals surface area (Å²) in [7, 11) is 0. The second-order valence-electron chi connectivity index (χ2n) is 6.51. The summed E-state index contributed by atoms with van der Waals surface area (Å²) in [5.74, 6) is 0.312. The Balaban J connectivity index is 2.12. The summed E-state index contributed by atoms with van der Waals surface area (Å²) in [4.78, 5) is 0. The maximum absolute atomic E-state index is 11.4. The summed E-state index contributed by atoms with van der Waals surface area (Å²) in [6, 6.07) is 30.3. The van der Waals surface area contributed by atoms with Gasteiger partial charge in [-0.1, -0.05) is 91.0 Å². The van der Waals surface area contributed by atoms with E-state index in [1.165, 1.54) is 0 Å². The maximum Gasteiger partial charge on any atom is 0.132 e. The van der Waals surface area contributed by atoms with Gasteiger partial charge < -0.3 is 5.11 Å². The molecule has 0 bridgehead atoms. The minimum atomic E-state index is 0.312. The molecular formula is C25H19BrO. The second kappa shape index (κ2) is 7.42. The predicted octanol–water partition coefficient (Wildman–Crippen LogP) is 7.46. The molecule has 0 amide bonds. The average Bonchev–Trinajstić information content (AvgIpc) is 2.73. The number of phenolic OH excluding ortho intramolecular Hbond substituents is 1. The lowest BCUT2D eigenvalue weighted by atomic mass is 9.87. The molecule has 0 saturated carbocycles. The summed E-state index contributed by atoms with van der Waals surface area (Å²) in [6.07, 6.45) is 0. The zero-order chi connectivity index (χ0) is 18.8. The Bertz CT molecular complexity index is 1070. The van der Waals surface area contributed by atoms with E-state index in [1.54, 1.807) is 0 Å². The topological polar surface area (TPSA) is 20.2 Å². The largest absolute Gasteiger partial charge is 0.507 e. The van der Waals surface area contributed by atoms with Gasteiger partial charge in [0.15, 0.2) is 0 Å². The lowest BCUT2D eigenvalue weighted by molar-refractivity contribution is 0.479. The molecule has 0 unspecified atom stereocenters. The van der Waals surface area contributed by atoms with E-state index in [-0.39, 0.29) is 0 Å². The van der Waals surface area contributed by atoms with Crippen molar-refractivity contribution in [2.45, 2.75) is 6.92 Å². The number of benzene rings is 4. The molecule has 2 heteroatoms. The normalized spacial score (nSPS) is 10.7. The Morgan fingerprint density at radius 3 is 1.37 bits per heavy atom. The molecular weight excluding hydrogens is 396 g/mol. The predicted molar refractivity (Wildman–Crippen MR) is 117 cm³/mol. The molecule has 4 aromatic carbocycles.